The Labute approximate surface area is 80.7 Å². The second kappa shape index (κ2) is 2.56. The summed E-state index contributed by atoms with van der Waals surface area (Å²) in [5, 5.41) is 0. The molecular formula is C11H9FO2. The zero-order chi connectivity index (χ0) is 9.71. The summed E-state index contributed by atoms with van der Waals surface area (Å²) in [6, 6.07) is 4.51. The average molecular weight is 192 g/mol. The van der Waals surface area contributed by atoms with Crippen molar-refractivity contribution in [3.63, 3.8) is 0 Å². The van der Waals surface area contributed by atoms with Crippen molar-refractivity contribution < 1.29 is 13.9 Å². The molecule has 0 bridgehead atoms. The summed E-state index contributed by atoms with van der Waals surface area (Å²) >= 11 is 0. The lowest BCUT2D eigenvalue weighted by molar-refractivity contribution is -0.109. The molecule has 1 saturated carbocycles. The van der Waals surface area contributed by atoms with E-state index in [1.54, 1.807) is 6.07 Å². The van der Waals surface area contributed by atoms with Crippen LogP contribution < -0.4 is 4.74 Å². The number of aldehydes is 1. The summed E-state index contributed by atoms with van der Waals surface area (Å²) in [7, 11) is 0. The first-order chi connectivity index (χ1) is 6.81. The van der Waals surface area contributed by atoms with Crippen molar-refractivity contribution in [1.29, 1.82) is 0 Å². The van der Waals surface area contributed by atoms with Crippen LogP contribution in [0.1, 0.15) is 11.5 Å². The van der Waals surface area contributed by atoms with Crippen LogP contribution in [0.5, 0.6) is 5.75 Å². The van der Waals surface area contributed by atoms with Crippen LogP contribution in [0.2, 0.25) is 0 Å². The molecule has 1 aliphatic heterocycles. The largest absolute Gasteiger partial charge is 0.493 e. The molecular weight excluding hydrogens is 183 g/mol. The minimum absolute atomic E-state index is 0.0399. The van der Waals surface area contributed by atoms with E-state index in [9.17, 15) is 9.18 Å². The lowest BCUT2D eigenvalue weighted by Crippen LogP contribution is -2.08. The highest BCUT2D eigenvalue weighted by atomic mass is 19.1. The smallest absolute Gasteiger partial charge is 0.124 e. The van der Waals surface area contributed by atoms with Crippen molar-refractivity contribution in [2.24, 2.45) is 11.8 Å². The SMILES string of the molecule is O=C[C@@H]1[C@@H]2COc3ccc(F)cc3[C@H]12. The number of carbonyl (C=O) groups is 1. The molecule has 72 valence electrons. The molecule has 3 atom stereocenters. The quantitative estimate of drug-likeness (QED) is 0.633. The maximum absolute atomic E-state index is 13.0. The summed E-state index contributed by atoms with van der Waals surface area (Å²) in [6.07, 6.45) is 0.957. The van der Waals surface area contributed by atoms with Gasteiger partial charge in [0.05, 0.1) is 6.61 Å². The van der Waals surface area contributed by atoms with Gasteiger partial charge in [-0.25, -0.2) is 4.39 Å². The molecule has 0 spiro atoms. The highest BCUT2D eigenvalue weighted by Crippen LogP contribution is 2.57. The predicted octanol–water partition coefficient (Wildman–Crippen LogP) is 1.75. The third-order valence-electron chi connectivity index (χ3n) is 3.15. The fraction of sp³-hybridized carbons (Fsp3) is 0.364. The molecule has 0 amide bonds. The third kappa shape index (κ3) is 0.924. The van der Waals surface area contributed by atoms with Gasteiger partial charge < -0.3 is 9.53 Å². The van der Waals surface area contributed by atoms with Crippen LogP contribution in [-0.4, -0.2) is 12.9 Å². The van der Waals surface area contributed by atoms with Gasteiger partial charge >= 0.3 is 0 Å². The van der Waals surface area contributed by atoms with Gasteiger partial charge in [-0.05, 0) is 18.2 Å². The van der Waals surface area contributed by atoms with Crippen LogP contribution in [0.15, 0.2) is 18.2 Å². The van der Waals surface area contributed by atoms with Crippen LogP contribution in [-0.2, 0) is 4.79 Å². The molecule has 3 heteroatoms. The van der Waals surface area contributed by atoms with E-state index >= 15 is 0 Å². The van der Waals surface area contributed by atoms with Crippen molar-refractivity contribution in [1.82, 2.24) is 0 Å². The summed E-state index contributed by atoms with van der Waals surface area (Å²) in [5.74, 6) is 0.994. The van der Waals surface area contributed by atoms with Gasteiger partial charge in [-0.1, -0.05) is 0 Å². The molecule has 14 heavy (non-hydrogen) atoms. The van der Waals surface area contributed by atoms with E-state index in [0.29, 0.717) is 6.61 Å². The Morgan fingerprint density at radius 1 is 1.50 bits per heavy atom. The third-order valence-corrected chi connectivity index (χ3v) is 3.15. The Morgan fingerprint density at radius 3 is 3.14 bits per heavy atom. The number of halogens is 1. The topological polar surface area (TPSA) is 26.3 Å². The number of fused-ring (bicyclic) bond motifs is 3. The number of hydrogen-bond acceptors (Lipinski definition) is 2. The van der Waals surface area contributed by atoms with Crippen molar-refractivity contribution in [3.8, 4) is 5.75 Å². The molecule has 1 aliphatic carbocycles. The Hall–Kier alpha value is -1.38. The average Bonchev–Trinajstić information content (AvgIpc) is 2.91. The minimum Gasteiger partial charge on any atom is -0.493 e. The monoisotopic (exact) mass is 192 g/mol. The summed E-state index contributed by atoms with van der Waals surface area (Å²) in [5.41, 5.74) is 0.860. The van der Waals surface area contributed by atoms with E-state index in [4.69, 9.17) is 4.74 Å². The summed E-state index contributed by atoms with van der Waals surface area (Å²) in [6.45, 7) is 0.590. The van der Waals surface area contributed by atoms with E-state index in [-0.39, 0.29) is 23.6 Å². The number of benzene rings is 1. The van der Waals surface area contributed by atoms with Gasteiger partial charge in [0.25, 0.3) is 0 Å². The van der Waals surface area contributed by atoms with Crippen molar-refractivity contribution in [3.05, 3.63) is 29.6 Å². The maximum Gasteiger partial charge on any atom is 0.124 e. The normalized spacial score (nSPS) is 32.5. The van der Waals surface area contributed by atoms with E-state index in [1.165, 1.54) is 12.1 Å². The molecule has 3 rings (SSSR count). The van der Waals surface area contributed by atoms with Crippen molar-refractivity contribution >= 4 is 6.29 Å². The van der Waals surface area contributed by atoms with Crippen LogP contribution in [0.4, 0.5) is 4.39 Å². The minimum atomic E-state index is -0.260. The Bertz CT molecular complexity index is 402. The number of rotatable bonds is 1. The van der Waals surface area contributed by atoms with E-state index in [1.807, 2.05) is 0 Å². The van der Waals surface area contributed by atoms with Gasteiger partial charge in [0.2, 0.25) is 0 Å². The molecule has 0 saturated heterocycles. The van der Waals surface area contributed by atoms with Gasteiger partial charge in [-0.3, -0.25) is 0 Å². The lowest BCUT2D eigenvalue weighted by atomic mass is 10.1. The standard InChI is InChI=1S/C11H9FO2/c12-6-1-2-10-7(3-6)11-8(4-13)9(11)5-14-10/h1-4,8-9,11H,5H2/t8-,9+,11-/m1/s1. The number of ether oxygens (including phenoxy) is 1. The van der Waals surface area contributed by atoms with Crippen LogP contribution in [0.3, 0.4) is 0 Å². The van der Waals surface area contributed by atoms with Gasteiger partial charge in [-0.2, -0.15) is 0 Å². The van der Waals surface area contributed by atoms with Crippen LogP contribution >= 0.6 is 0 Å². The first kappa shape index (κ1) is 7.97. The Morgan fingerprint density at radius 2 is 2.36 bits per heavy atom. The molecule has 1 fully saturated rings. The predicted molar refractivity (Wildman–Crippen MR) is 47.7 cm³/mol. The highest BCUT2D eigenvalue weighted by Gasteiger charge is 2.54. The molecule has 0 unspecified atom stereocenters. The van der Waals surface area contributed by atoms with E-state index < -0.39 is 0 Å². The molecule has 1 heterocycles. The summed E-state index contributed by atoms with van der Waals surface area (Å²) in [4.78, 5) is 10.7. The second-order valence-corrected chi connectivity index (χ2v) is 3.90. The van der Waals surface area contributed by atoms with Gasteiger partial charge in [0.15, 0.2) is 0 Å². The Balaban J connectivity index is 2.06. The number of hydrogen-bond donors (Lipinski definition) is 0. The lowest BCUT2D eigenvalue weighted by Gasteiger charge is -2.15. The van der Waals surface area contributed by atoms with Gasteiger partial charge in [0, 0.05) is 23.3 Å². The van der Waals surface area contributed by atoms with Crippen LogP contribution in [0, 0.1) is 17.7 Å². The maximum atomic E-state index is 13.0. The molecule has 0 N–H and O–H groups in total. The van der Waals surface area contributed by atoms with E-state index in [2.05, 4.69) is 0 Å². The Kier molecular flexibility index (Phi) is 1.46. The zero-order valence-electron chi connectivity index (χ0n) is 7.44. The van der Waals surface area contributed by atoms with Crippen molar-refractivity contribution in [2.45, 2.75) is 5.92 Å². The van der Waals surface area contributed by atoms with E-state index in [0.717, 1.165) is 17.6 Å². The first-order valence-electron chi connectivity index (χ1n) is 4.69. The fourth-order valence-corrected chi connectivity index (χ4v) is 2.34. The second-order valence-electron chi connectivity index (χ2n) is 3.90. The molecule has 1 aromatic carbocycles. The molecule has 2 nitrogen and oxygen atoms in total. The highest BCUT2D eigenvalue weighted by molar-refractivity contribution is 5.65. The first-order valence-corrected chi connectivity index (χ1v) is 4.69. The van der Waals surface area contributed by atoms with Gasteiger partial charge in [-0.15, -0.1) is 0 Å². The van der Waals surface area contributed by atoms with Crippen molar-refractivity contribution in [2.75, 3.05) is 6.61 Å². The fourth-order valence-electron chi connectivity index (χ4n) is 2.34. The molecule has 0 aromatic heterocycles. The van der Waals surface area contributed by atoms with Crippen LogP contribution in [0.25, 0.3) is 0 Å². The molecule has 0 radical (unpaired) electrons. The van der Waals surface area contributed by atoms with Gasteiger partial charge in [0.1, 0.15) is 17.9 Å². The molecule has 2 aliphatic rings. The number of carbonyl (C=O) groups excluding carboxylic acids is 1. The zero-order valence-corrected chi connectivity index (χ0v) is 7.44. The summed E-state index contributed by atoms with van der Waals surface area (Å²) < 4.78 is 18.4. The molecule has 1 aromatic rings.